The van der Waals surface area contributed by atoms with Gasteiger partial charge in [-0.2, -0.15) is 0 Å². The fourth-order valence-electron chi connectivity index (χ4n) is 4.42. The molecular weight excluding hydrogens is 360 g/mol. The van der Waals surface area contributed by atoms with E-state index < -0.39 is 41.8 Å². The lowest BCUT2D eigenvalue weighted by Crippen LogP contribution is -2.44. The van der Waals surface area contributed by atoms with Crippen molar-refractivity contribution in [3.63, 3.8) is 0 Å². The predicted octanol–water partition coefficient (Wildman–Crippen LogP) is 3.00. The molecule has 2 bridgehead atoms. The first-order valence-electron chi connectivity index (χ1n) is 9.89. The minimum absolute atomic E-state index is 0.0844. The van der Waals surface area contributed by atoms with Crippen LogP contribution in [0.2, 0.25) is 0 Å². The molecule has 3 rings (SSSR count). The first-order chi connectivity index (χ1) is 13.1. The van der Waals surface area contributed by atoms with E-state index in [2.05, 4.69) is 13.2 Å². The summed E-state index contributed by atoms with van der Waals surface area (Å²) in [6.45, 7) is 13.1. The van der Waals surface area contributed by atoms with E-state index in [-0.39, 0.29) is 12.5 Å². The number of carbonyl (C=O) groups excluding carboxylic acids is 2. The average molecular weight is 390 g/mol. The Balaban J connectivity index is 1.98. The second-order valence-electron chi connectivity index (χ2n) is 8.39. The van der Waals surface area contributed by atoms with Gasteiger partial charge in [0.05, 0.1) is 17.8 Å². The summed E-state index contributed by atoms with van der Waals surface area (Å²) in [4.78, 5) is 24.0. The molecule has 154 valence electrons. The zero-order chi connectivity index (χ0) is 20.6. The number of fused-ring (bicyclic) bond motifs is 3. The molecule has 0 radical (unpaired) electrons. The van der Waals surface area contributed by atoms with Crippen LogP contribution in [0.3, 0.4) is 0 Å². The summed E-state index contributed by atoms with van der Waals surface area (Å²) in [5.74, 6) is -1.42. The van der Waals surface area contributed by atoms with E-state index in [1.54, 1.807) is 0 Å². The lowest BCUT2D eigenvalue weighted by molar-refractivity contribution is -0.159. The molecule has 0 spiro atoms. The van der Waals surface area contributed by atoms with Crippen molar-refractivity contribution in [3.05, 3.63) is 36.0 Å². The number of esters is 2. The highest BCUT2D eigenvalue weighted by molar-refractivity contribution is 5.91. The van der Waals surface area contributed by atoms with Crippen molar-refractivity contribution in [1.82, 2.24) is 0 Å². The van der Waals surface area contributed by atoms with Crippen molar-refractivity contribution >= 4 is 11.9 Å². The molecule has 3 aliphatic heterocycles. The minimum atomic E-state index is -0.813. The molecule has 3 aliphatic rings. The van der Waals surface area contributed by atoms with Crippen LogP contribution < -0.4 is 0 Å². The standard InChI is InChI=1S/C22H30O6/c1-12-7-6-8-13(2)19(26-15(4)23)20-16(14(3)21(25)27-20)11-18(24)22(5)10-9-17(12)28-22/h8,16-20,24H,1,3,6-7,9-11H2,2,4-5H3/b13-8+/t16-,17-,18+,19+,20-,22-/m1/s1. The highest BCUT2D eigenvalue weighted by Gasteiger charge is 2.50. The van der Waals surface area contributed by atoms with Crippen LogP contribution in [-0.4, -0.2) is 47.1 Å². The van der Waals surface area contributed by atoms with Crippen molar-refractivity contribution in [3.8, 4) is 0 Å². The molecule has 3 heterocycles. The molecule has 0 aliphatic carbocycles. The quantitative estimate of drug-likeness (QED) is 0.421. The maximum atomic E-state index is 12.2. The highest BCUT2D eigenvalue weighted by Crippen LogP contribution is 2.42. The lowest BCUT2D eigenvalue weighted by atomic mass is 9.81. The van der Waals surface area contributed by atoms with E-state index in [4.69, 9.17) is 14.2 Å². The third-order valence-electron chi connectivity index (χ3n) is 6.27. The molecule has 1 N–H and O–H groups in total. The first kappa shape index (κ1) is 20.8. The summed E-state index contributed by atoms with van der Waals surface area (Å²) >= 11 is 0. The largest absolute Gasteiger partial charge is 0.454 e. The van der Waals surface area contributed by atoms with Gasteiger partial charge in [-0.1, -0.05) is 19.2 Å². The van der Waals surface area contributed by atoms with Gasteiger partial charge in [-0.25, -0.2) is 4.79 Å². The van der Waals surface area contributed by atoms with Crippen LogP contribution in [0.25, 0.3) is 0 Å². The smallest absolute Gasteiger partial charge is 0.334 e. The molecule has 28 heavy (non-hydrogen) atoms. The third kappa shape index (κ3) is 3.94. The second-order valence-corrected chi connectivity index (χ2v) is 8.39. The normalized spacial score (nSPS) is 41.1. The highest BCUT2D eigenvalue weighted by atomic mass is 16.6. The van der Waals surface area contributed by atoms with Crippen molar-refractivity contribution in [2.75, 3.05) is 0 Å². The van der Waals surface area contributed by atoms with Crippen LogP contribution in [0.15, 0.2) is 36.0 Å². The first-order valence-corrected chi connectivity index (χ1v) is 9.89. The van der Waals surface area contributed by atoms with Crippen LogP contribution in [0, 0.1) is 5.92 Å². The summed E-state index contributed by atoms with van der Waals surface area (Å²) in [6.07, 6.45) is 2.90. The fourth-order valence-corrected chi connectivity index (χ4v) is 4.42. The Morgan fingerprint density at radius 3 is 2.79 bits per heavy atom. The monoisotopic (exact) mass is 390 g/mol. The Morgan fingerprint density at radius 1 is 1.39 bits per heavy atom. The molecular formula is C22H30O6. The van der Waals surface area contributed by atoms with Gasteiger partial charge in [0, 0.05) is 18.4 Å². The maximum absolute atomic E-state index is 12.2. The Labute approximate surface area is 166 Å². The van der Waals surface area contributed by atoms with Gasteiger partial charge < -0.3 is 19.3 Å². The van der Waals surface area contributed by atoms with Crippen molar-refractivity contribution < 1.29 is 28.9 Å². The Bertz CT molecular complexity index is 723. The van der Waals surface area contributed by atoms with E-state index in [9.17, 15) is 14.7 Å². The van der Waals surface area contributed by atoms with Gasteiger partial charge in [-0.15, -0.1) is 0 Å². The molecule has 2 fully saturated rings. The maximum Gasteiger partial charge on any atom is 0.334 e. The Hall–Kier alpha value is -1.92. The van der Waals surface area contributed by atoms with Gasteiger partial charge in [0.1, 0.15) is 6.10 Å². The molecule has 0 aromatic carbocycles. The summed E-state index contributed by atoms with van der Waals surface area (Å²) in [5.41, 5.74) is 1.38. The van der Waals surface area contributed by atoms with Crippen molar-refractivity contribution in [2.24, 2.45) is 5.92 Å². The molecule has 0 aromatic rings. The molecule has 0 amide bonds. The van der Waals surface area contributed by atoms with Gasteiger partial charge in [-0.05, 0) is 57.1 Å². The zero-order valence-electron chi connectivity index (χ0n) is 16.9. The van der Waals surface area contributed by atoms with E-state index in [1.807, 2.05) is 19.9 Å². The SMILES string of the molecule is C=C1C(=O)O[C@@H]2[C@@H]1C[C@H](O)[C@@]1(C)CC[C@@H](O1)C(=C)CC/C=C(\C)[C@@H]2OC(C)=O. The molecule has 2 saturated heterocycles. The van der Waals surface area contributed by atoms with Gasteiger partial charge >= 0.3 is 11.9 Å². The summed E-state index contributed by atoms with van der Waals surface area (Å²) < 4.78 is 17.3. The zero-order valence-corrected chi connectivity index (χ0v) is 16.9. The summed E-state index contributed by atoms with van der Waals surface area (Å²) in [6, 6.07) is 0. The molecule has 0 saturated carbocycles. The Kier molecular flexibility index (Phi) is 5.82. The number of ether oxygens (including phenoxy) is 3. The molecule has 6 nitrogen and oxygen atoms in total. The molecule has 0 unspecified atom stereocenters. The minimum Gasteiger partial charge on any atom is -0.454 e. The predicted molar refractivity (Wildman–Crippen MR) is 103 cm³/mol. The summed E-state index contributed by atoms with van der Waals surface area (Å²) in [5, 5.41) is 11.0. The number of aliphatic hydroxyl groups excluding tert-OH is 1. The summed E-state index contributed by atoms with van der Waals surface area (Å²) in [7, 11) is 0. The topological polar surface area (TPSA) is 82.1 Å². The number of hydrogen-bond donors (Lipinski definition) is 1. The number of carbonyl (C=O) groups is 2. The lowest BCUT2D eigenvalue weighted by Gasteiger charge is -2.34. The van der Waals surface area contributed by atoms with Gasteiger partial charge in [0.25, 0.3) is 0 Å². The number of hydrogen-bond acceptors (Lipinski definition) is 6. The van der Waals surface area contributed by atoms with Crippen LogP contribution in [0.5, 0.6) is 0 Å². The van der Waals surface area contributed by atoms with Crippen LogP contribution >= 0.6 is 0 Å². The van der Waals surface area contributed by atoms with E-state index >= 15 is 0 Å². The number of rotatable bonds is 1. The van der Waals surface area contributed by atoms with E-state index in [0.717, 1.165) is 24.0 Å². The van der Waals surface area contributed by atoms with E-state index in [1.165, 1.54) is 6.92 Å². The fraction of sp³-hybridized carbons (Fsp3) is 0.636. The van der Waals surface area contributed by atoms with Gasteiger partial charge in [-0.3, -0.25) is 4.79 Å². The molecule has 0 aromatic heterocycles. The Morgan fingerprint density at radius 2 is 2.11 bits per heavy atom. The second kappa shape index (κ2) is 7.84. The van der Waals surface area contributed by atoms with Crippen molar-refractivity contribution in [2.45, 2.75) is 82.9 Å². The van der Waals surface area contributed by atoms with E-state index in [0.29, 0.717) is 18.4 Å². The molecule has 6 atom stereocenters. The third-order valence-corrected chi connectivity index (χ3v) is 6.27. The molecule has 6 heteroatoms. The van der Waals surface area contributed by atoms with Gasteiger partial charge in [0.2, 0.25) is 0 Å². The number of aliphatic hydroxyl groups is 1. The van der Waals surface area contributed by atoms with Crippen molar-refractivity contribution in [1.29, 1.82) is 0 Å². The average Bonchev–Trinajstić information content (AvgIpc) is 3.15. The van der Waals surface area contributed by atoms with Crippen LogP contribution in [-0.2, 0) is 23.8 Å². The number of allylic oxidation sites excluding steroid dienone is 1. The van der Waals surface area contributed by atoms with Crippen LogP contribution in [0.4, 0.5) is 0 Å². The van der Waals surface area contributed by atoms with Gasteiger partial charge in [0.15, 0.2) is 6.10 Å². The van der Waals surface area contributed by atoms with Crippen LogP contribution in [0.1, 0.15) is 52.9 Å².